The van der Waals surface area contributed by atoms with E-state index in [0.29, 0.717) is 37.4 Å². The van der Waals surface area contributed by atoms with Crippen LogP contribution in [0.15, 0.2) is 12.5 Å². The molecule has 0 spiro atoms. The number of rotatable bonds is 8. The highest BCUT2D eigenvalue weighted by Crippen LogP contribution is 2.03. The lowest BCUT2D eigenvalue weighted by atomic mass is 10.2. The fraction of sp³-hybridized carbons (Fsp3) is 0.714. The normalized spacial score (nSPS) is 11.6. The molecular weight excluding hydrogens is 254 g/mol. The van der Waals surface area contributed by atoms with E-state index in [1.165, 1.54) is 0 Å². The number of aromatic nitrogens is 2. The fourth-order valence-electron chi connectivity index (χ4n) is 2.25. The zero-order valence-corrected chi connectivity index (χ0v) is 13.0. The number of imidazole rings is 1. The summed E-state index contributed by atoms with van der Waals surface area (Å²) in [6.07, 6.45) is 3.36. The van der Waals surface area contributed by atoms with Gasteiger partial charge in [0.05, 0.1) is 6.33 Å². The maximum Gasteiger partial charge on any atom is 0.271 e. The maximum atomic E-state index is 11.9. The van der Waals surface area contributed by atoms with Crippen molar-refractivity contribution < 1.29 is 4.79 Å². The van der Waals surface area contributed by atoms with Gasteiger partial charge < -0.3 is 15.6 Å². The highest BCUT2D eigenvalue weighted by Gasteiger charge is 2.14. The Bertz CT molecular complexity index is 405. The molecule has 3 N–H and O–H groups in total. The molecule has 0 atom stereocenters. The van der Waals surface area contributed by atoms with Crippen LogP contribution in [0.25, 0.3) is 0 Å². The zero-order valence-electron chi connectivity index (χ0n) is 13.0. The van der Waals surface area contributed by atoms with E-state index in [0.717, 1.165) is 6.54 Å². The molecule has 1 rings (SSSR count). The van der Waals surface area contributed by atoms with E-state index in [1.807, 2.05) is 4.57 Å². The van der Waals surface area contributed by atoms with Crippen LogP contribution in [0, 0.1) is 0 Å². The molecule has 0 saturated heterocycles. The first-order valence-electron chi connectivity index (χ1n) is 7.21. The molecule has 1 amide bonds. The molecule has 0 radical (unpaired) electrons. The van der Waals surface area contributed by atoms with Crippen LogP contribution in [-0.2, 0) is 6.54 Å². The van der Waals surface area contributed by atoms with Gasteiger partial charge in [-0.15, -0.1) is 0 Å². The van der Waals surface area contributed by atoms with Crippen LogP contribution in [0.2, 0.25) is 0 Å². The molecular formula is C14H27N5O. The highest BCUT2D eigenvalue weighted by atomic mass is 16.1. The summed E-state index contributed by atoms with van der Waals surface area (Å²) in [5.41, 5.74) is 5.90. The smallest absolute Gasteiger partial charge is 0.271 e. The van der Waals surface area contributed by atoms with Crippen LogP contribution >= 0.6 is 0 Å². The Labute approximate surface area is 121 Å². The molecule has 6 nitrogen and oxygen atoms in total. The Morgan fingerprint density at radius 2 is 2.05 bits per heavy atom. The maximum absolute atomic E-state index is 11.9. The number of nitrogens with zero attached hydrogens (tertiary/aromatic N) is 3. The second kappa shape index (κ2) is 8.01. The largest absolute Gasteiger partial charge is 0.349 e. The molecule has 6 heteroatoms. The van der Waals surface area contributed by atoms with E-state index >= 15 is 0 Å². The third-order valence-electron chi connectivity index (χ3n) is 3.24. The summed E-state index contributed by atoms with van der Waals surface area (Å²) in [5, 5.41) is 2.91. The molecule has 0 aliphatic rings. The third-order valence-corrected chi connectivity index (χ3v) is 3.24. The highest BCUT2D eigenvalue weighted by molar-refractivity contribution is 5.91. The van der Waals surface area contributed by atoms with Crippen molar-refractivity contribution in [2.24, 2.45) is 5.73 Å². The monoisotopic (exact) mass is 281 g/mol. The second-order valence-corrected chi connectivity index (χ2v) is 5.47. The number of hydrogen-bond acceptors (Lipinski definition) is 4. The molecule has 0 unspecified atom stereocenters. The number of nitrogens with two attached hydrogens (primary N) is 1. The Morgan fingerprint density at radius 3 is 2.60 bits per heavy atom. The zero-order chi connectivity index (χ0) is 15.1. The molecule has 0 saturated carbocycles. The number of carbonyl (C=O) groups excluding carboxylic acids is 1. The number of carbonyl (C=O) groups is 1. The summed E-state index contributed by atoms with van der Waals surface area (Å²) >= 11 is 0. The SMILES string of the molecule is CC(C)N(CCNC(=O)c1cn(CCN)cn1)C(C)C. The lowest BCUT2D eigenvalue weighted by molar-refractivity contribution is 0.0935. The van der Waals surface area contributed by atoms with E-state index in [4.69, 9.17) is 5.73 Å². The van der Waals surface area contributed by atoms with Crippen LogP contribution in [0.4, 0.5) is 0 Å². The Kier molecular flexibility index (Phi) is 6.67. The van der Waals surface area contributed by atoms with Gasteiger partial charge in [0, 0.05) is 44.5 Å². The van der Waals surface area contributed by atoms with Crippen LogP contribution in [0.1, 0.15) is 38.2 Å². The van der Waals surface area contributed by atoms with Crippen LogP contribution in [-0.4, -0.2) is 52.1 Å². The van der Waals surface area contributed by atoms with Gasteiger partial charge in [0.25, 0.3) is 5.91 Å². The first-order chi connectivity index (χ1) is 9.45. The minimum Gasteiger partial charge on any atom is -0.349 e. The van der Waals surface area contributed by atoms with Crippen molar-refractivity contribution in [3.63, 3.8) is 0 Å². The Balaban J connectivity index is 2.42. The quantitative estimate of drug-likeness (QED) is 0.735. The standard InChI is InChI=1S/C14H27N5O/c1-11(2)19(12(3)4)8-6-16-14(20)13-9-18(7-5-15)10-17-13/h9-12H,5-8,15H2,1-4H3,(H,16,20). The van der Waals surface area contributed by atoms with Gasteiger partial charge in [-0.3, -0.25) is 9.69 Å². The number of amides is 1. The van der Waals surface area contributed by atoms with Crippen LogP contribution in [0.3, 0.4) is 0 Å². The van der Waals surface area contributed by atoms with Gasteiger partial charge in [-0.1, -0.05) is 0 Å². The van der Waals surface area contributed by atoms with Crippen LogP contribution in [0.5, 0.6) is 0 Å². The van der Waals surface area contributed by atoms with Gasteiger partial charge in [0.2, 0.25) is 0 Å². The van der Waals surface area contributed by atoms with Crippen molar-refractivity contribution in [2.75, 3.05) is 19.6 Å². The molecule has 0 bridgehead atoms. The number of hydrogen-bond donors (Lipinski definition) is 2. The molecule has 114 valence electrons. The first kappa shape index (κ1) is 16.7. The second-order valence-electron chi connectivity index (χ2n) is 5.47. The third kappa shape index (κ3) is 4.94. The van der Waals surface area contributed by atoms with Gasteiger partial charge in [-0.05, 0) is 27.7 Å². The summed E-state index contributed by atoms with van der Waals surface area (Å²) < 4.78 is 1.82. The van der Waals surface area contributed by atoms with Crippen molar-refractivity contribution in [3.8, 4) is 0 Å². The summed E-state index contributed by atoms with van der Waals surface area (Å²) in [7, 11) is 0. The molecule has 0 aromatic carbocycles. The summed E-state index contributed by atoms with van der Waals surface area (Å²) in [4.78, 5) is 18.4. The Morgan fingerprint density at radius 1 is 1.40 bits per heavy atom. The summed E-state index contributed by atoms with van der Waals surface area (Å²) in [6, 6.07) is 0.936. The minimum absolute atomic E-state index is 0.131. The van der Waals surface area contributed by atoms with Crippen molar-refractivity contribution >= 4 is 5.91 Å². The summed E-state index contributed by atoms with van der Waals surface area (Å²) in [5.74, 6) is -0.131. The Hall–Kier alpha value is -1.40. The average Bonchev–Trinajstić information content (AvgIpc) is 2.82. The van der Waals surface area contributed by atoms with E-state index in [2.05, 4.69) is 42.9 Å². The first-order valence-corrected chi connectivity index (χ1v) is 7.21. The van der Waals surface area contributed by atoms with E-state index in [1.54, 1.807) is 12.5 Å². The van der Waals surface area contributed by atoms with Gasteiger partial charge in [0.1, 0.15) is 5.69 Å². The predicted octanol–water partition coefficient (Wildman–Crippen LogP) is 0.690. The molecule has 0 aliphatic carbocycles. The van der Waals surface area contributed by atoms with Crippen molar-refractivity contribution in [3.05, 3.63) is 18.2 Å². The lowest BCUT2D eigenvalue weighted by Gasteiger charge is -2.30. The van der Waals surface area contributed by atoms with Crippen molar-refractivity contribution in [1.29, 1.82) is 0 Å². The number of nitrogens with one attached hydrogen (secondary N) is 1. The molecule has 1 heterocycles. The molecule has 1 aromatic heterocycles. The molecule has 20 heavy (non-hydrogen) atoms. The van der Waals surface area contributed by atoms with Crippen molar-refractivity contribution in [1.82, 2.24) is 19.8 Å². The van der Waals surface area contributed by atoms with E-state index in [9.17, 15) is 4.79 Å². The molecule has 0 aliphatic heterocycles. The van der Waals surface area contributed by atoms with Crippen molar-refractivity contribution in [2.45, 2.75) is 46.3 Å². The summed E-state index contributed by atoms with van der Waals surface area (Å²) in [6.45, 7) is 11.3. The van der Waals surface area contributed by atoms with Gasteiger partial charge in [0.15, 0.2) is 0 Å². The van der Waals surface area contributed by atoms with Gasteiger partial charge in [-0.25, -0.2) is 4.98 Å². The van der Waals surface area contributed by atoms with Gasteiger partial charge in [-0.2, -0.15) is 0 Å². The van der Waals surface area contributed by atoms with Crippen LogP contribution < -0.4 is 11.1 Å². The lowest BCUT2D eigenvalue weighted by Crippen LogP contribution is -2.42. The fourth-order valence-corrected chi connectivity index (χ4v) is 2.25. The molecule has 0 fully saturated rings. The average molecular weight is 281 g/mol. The molecule has 1 aromatic rings. The topological polar surface area (TPSA) is 76.2 Å². The van der Waals surface area contributed by atoms with E-state index < -0.39 is 0 Å². The predicted molar refractivity (Wildman–Crippen MR) is 80.6 cm³/mol. The van der Waals surface area contributed by atoms with E-state index in [-0.39, 0.29) is 5.91 Å². The van der Waals surface area contributed by atoms with Gasteiger partial charge >= 0.3 is 0 Å². The minimum atomic E-state index is -0.131.